The highest BCUT2D eigenvalue weighted by molar-refractivity contribution is 7.13. The van der Waals surface area contributed by atoms with Crippen LogP contribution in [0, 0.1) is 5.92 Å². The van der Waals surface area contributed by atoms with Crippen LogP contribution >= 0.6 is 11.3 Å². The molecular formula is C18H28N4OS. The van der Waals surface area contributed by atoms with Gasteiger partial charge in [0.15, 0.2) is 5.13 Å². The zero-order valence-corrected chi connectivity index (χ0v) is 15.4. The smallest absolute Gasteiger partial charge is 0.222 e. The first-order valence-electron chi connectivity index (χ1n) is 9.44. The predicted molar refractivity (Wildman–Crippen MR) is 97.4 cm³/mol. The van der Waals surface area contributed by atoms with Crippen molar-refractivity contribution in [3.63, 3.8) is 0 Å². The topological polar surface area (TPSA) is 39.7 Å². The quantitative estimate of drug-likeness (QED) is 0.838. The molecule has 6 heteroatoms. The Bertz CT molecular complexity index is 557. The van der Waals surface area contributed by atoms with Crippen LogP contribution in [0.25, 0.3) is 0 Å². The van der Waals surface area contributed by atoms with E-state index in [0.717, 1.165) is 26.1 Å². The van der Waals surface area contributed by atoms with E-state index in [1.54, 1.807) is 11.3 Å². The average molecular weight is 349 g/mol. The second kappa shape index (κ2) is 7.00. The van der Waals surface area contributed by atoms with Crippen LogP contribution in [-0.2, 0) is 4.79 Å². The van der Waals surface area contributed by atoms with Gasteiger partial charge in [-0.05, 0) is 44.7 Å². The number of nitrogens with zero attached hydrogens (tertiary/aromatic N) is 4. The molecule has 0 spiro atoms. The van der Waals surface area contributed by atoms with Gasteiger partial charge in [-0.15, -0.1) is 11.3 Å². The number of aromatic nitrogens is 1. The molecule has 0 saturated carbocycles. The Morgan fingerprint density at radius 2 is 2.17 bits per heavy atom. The summed E-state index contributed by atoms with van der Waals surface area (Å²) in [5.74, 6) is 0.919. The van der Waals surface area contributed by atoms with E-state index in [4.69, 9.17) is 0 Å². The van der Waals surface area contributed by atoms with Crippen LogP contribution < -0.4 is 4.90 Å². The molecule has 0 bridgehead atoms. The highest BCUT2D eigenvalue weighted by atomic mass is 32.1. The number of hydrogen-bond donors (Lipinski definition) is 0. The van der Waals surface area contributed by atoms with Crippen LogP contribution in [0.4, 0.5) is 5.13 Å². The lowest BCUT2D eigenvalue weighted by molar-refractivity contribution is -0.132. The summed E-state index contributed by atoms with van der Waals surface area (Å²) >= 11 is 1.76. The second-order valence-electron chi connectivity index (χ2n) is 7.43. The van der Waals surface area contributed by atoms with Crippen LogP contribution in [0.3, 0.4) is 0 Å². The Labute approximate surface area is 148 Å². The van der Waals surface area contributed by atoms with E-state index in [2.05, 4.69) is 25.1 Å². The monoisotopic (exact) mass is 348 g/mol. The van der Waals surface area contributed by atoms with Gasteiger partial charge in [-0.1, -0.05) is 6.92 Å². The van der Waals surface area contributed by atoms with Crippen LogP contribution in [0.1, 0.15) is 39.0 Å². The SMILES string of the molecule is CCC(=O)N1CCC2C(C[C@@H](CN3CCCC3)N2c2nccs2)C1. The van der Waals surface area contributed by atoms with E-state index < -0.39 is 0 Å². The van der Waals surface area contributed by atoms with Crippen molar-refractivity contribution in [1.82, 2.24) is 14.8 Å². The van der Waals surface area contributed by atoms with E-state index in [0.29, 0.717) is 30.3 Å². The number of carbonyl (C=O) groups is 1. The molecular weight excluding hydrogens is 320 g/mol. The van der Waals surface area contributed by atoms with Crippen LogP contribution in [0.15, 0.2) is 11.6 Å². The van der Waals surface area contributed by atoms with Crippen molar-refractivity contribution in [2.45, 2.75) is 51.1 Å². The molecule has 1 aromatic heterocycles. The normalized spacial score (nSPS) is 30.8. The largest absolute Gasteiger partial charge is 0.342 e. The van der Waals surface area contributed by atoms with Gasteiger partial charge in [-0.3, -0.25) is 4.79 Å². The third-order valence-corrected chi connectivity index (χ3v) is 6.77. The highest BCUT2D eigenvalue weighted by Crippen LogP contribution is 2.40. The number of anilines is 1. The fraction of sp³-hybridized carbons (Fsp3) is 0.778. The Morgan fingerprint density at radius 3 is 2.88 bits per heavy atom. The maximum absolute atomic E-state index is 12.1. The molecule has 24 heavy (non-hydrogen) atoms. The van der Waals surface area contributed by atoms with E-state index in [1.165, 1.54) is 37.5 Å². The van der Waals surface area contributed by atoms with E-state index in [9.17, 15) is 4.79 Å². The van der Waals surface area contributed by atoms with Crippen molar-refractivity contribution in [3.8, 4) is 0 Å². The molecule has 3 aliphatic heterocycles. The molecule has 5 nitrogen and oxygen atoms in total. The summed E-state index contributed by atoms with van der Waals surface area (Å²) in [6.07, 6.45) is 7.53. The fourth-order valence-corrected chi connectivity index (χ4v) is 5.64. The van der Waals surface area contributed by atoms with Gasteiger partial charge in [0, 0.05) is 49.7 Å². The minimum Gasteiger partial charge on any atom is -0.342 e. The van der Waals surface area contributed by atoms with Gasteiger partial charge in [0.25, 0.3) is 0 Å². The van der Waals surface area contributed by atoms with Gasteiger partial charge >= 0.3 is 0 Å². The Balaban J connectivity index is 1.52. The third kappa shape index (κ3) is 3.06. The molecule has 3 fully saturated rings. The number of carbonyl (C=O) groups excluding carboxylic acids is 1. The van der Waals surface area contributed by atoms with Crippen molar-refractivity contribution in [3.05, 3.63) is 11.6 Å². The Hall–Kier alpha value is -1.14. The lowest BCUT2D eigenvalue weighted by Gasteiger charge is -2.39. The molecule has 0 aliphatic carbocycles. The lowest BCUT2D eigenvalue weighted by Crippen LogP contribution is -2.49. The minimum absolute atomic E-state index is 0.317. The Morgan fingerprint density at radius 1 is 1.33 bits per heavy atom. The number of rotatable bonds is 4. The molecule has 2 unspecified atom stereocenters. The summed E-state index contributed by atoms with van der Waals surface area (Å²) in [4.78, 5) is 24.1. The molecule has 4 rings (SSSR count). The van der Waals surface area contributed by atoms with Crippen LogP contribution in [0.5, 0.6) is 0 Å². The van der Waals surface area contributed by atoms with Crippen LogP contribution in [-0.4, -0.2) is 65.5 Å². The van der Waals surface area contributed by atoms with Gasteiger partial charge in [-0.2, -0.15) is 0 Å². The molecule has 0 aromatic carbocycles. The number of piperidine rings is 1. The number of thiazole rings is 1. The second-order valence-corrected chi connectivity index (χ2v) is 8.30. The van der Waals surface area contributed by atoms with Gasteiger partial charge in [0.05, 0.1) is 0 Å². The maximum atomic E-state index is 12.1. The zero-order valence-electron chi connectivity index (χ0n) is 14.6. The summed E-state index contributed by atoms with van der Waals surface area (Å²) in [6.45, 7) is 7.48. The van der Waals surface area contributed by atoms with Crippen molar-refractivity contribution in [2.24, 2.45) is 5.92 Å². The third-order valence-electron chi connectivity index (χ3n) is 5.98. The number of hydrogen-bond acceptors (Lipinski definition) is 5. The molecule has 0 radical (unpaired) electrons. The van der Waals surface area contributed by atoms with Crippen LogP contribution in [0.2, 0.25) is 0 Å². The molecule has 4 heterocycles. The Kier molecular flexibility index (Phi) is 4.77. The zero-order chi connectivity index (χ0) is 16.5. The number of amides is 1. The highest BCUT2D eigenvalue weighted by Gasteiger charge is 2.45. The molecule has 1 aromatic rings. The first kappa shape index (κ1) is 16.3. The summed E-state index contributed by atoms with van der Waals surface area (Å²) in [5, 5.41) is 3.27. The van der Waals surface area contributed by atoms with Gasteiger partial charge < -0.3 is 14.7 Å². The van der Waals surface area contributed by atoms with Gasteiger partial charge in [-0.25, -0.2) is 4.98 Å². The lowest BCUT2D eigenvalue weighted by atomic mass is 9.92. The van der Waals surface area contributed by atoms with E-state index in [1.807, 2.05) is 13.1 Å². The van der Waals surface area contributed by atoms with Crippen molar-refractivity contribution < 1.29 is 4.79 Å². The standard InChI is InChI=1S/C18H28N4OS/c1-2-17(23)21-9-5-16-14(12-21)11-15(13-20-7-3-4-8-20)22(16)18-19-6-10-24-18/h6,10,14-16H,2-5,7-9,11-13H2,1H3/t14?,15-,16?/m0/s1. The molecule has 132 valence electrons. The molecule has 1 amide bonds. The van der Waals surface area contributed by atoms with Crippen molar-refractivity contribution in [2.75, 3.05) is 37.6 Å². The molecule has 3 atom stereocenters. The molecule has 0 N–H and O–H groups in total. The summed E-state index contributed by atoms with van der Waals surface area (Å²) in [6, 6.07) is 1.12. The first-order chi connectivity index (χ1) is 11.8. The van der Waals surface area contributed by atoms with E-state index in [-0.39, 0.29) is 0 Å². The minimum atomic E-state index is 0.317. The number of fused-ring (bicyclic) bond motifs is 1. The van der Waals surface area contributed by atoms with Crippen molar-refractivity contribution in [1.29, 1.82) is 0 Å². The van der Waals surface area contributed by atoms with Crippen molar-refractivity contribution >= 4 is 22.4 Å². The average Bonchev–Trinajstić information content (AvgIpc) is 3.33. The summed E-state index contributed by atoms with van der Waals surface area (Å²) < 4.78 is 0. The number of likely N-dealkylation sites (tertiary alicyclic amines) is 2. The molecule has 3 aliphatic rings. The van der Waals surface area contributed by atoms with Gasteiger partial charge in [0.1, 0.15) is 0 Å². The molecule has 3 saturated heterocycles. The maximum Gasteiger partial charge on any atom is 0.222 e. The first-order valence-corrected chi connectivity index (χ1v) is 10.3. The summed E-state index contributed by atoms with van der Waals surface area (Å²) in [5.41, 5.74) is 0. The summed E-state index contributed by atoms with van der Waals surface area (Å²) in [7, 11) is 0. The fourth-order valence-electron chi connectivity index (χ4n) is 4.87. The predicted octanol–water partition coefficient (Wildman–Crippen LogP) is 2.44. The van der Waals surface area contributed by atoms with Gasteiger partial charge in [0.2, 0.25) is 5.91 Å². The van der Waals surface area contributed by atoms with E-state index >= 15 is 0 Å².